The van der Waals surface area contributed by atoms with Crippen LogP contribution in [0.5, 0.6) is 0 Å². The predicted octanol–water partition coefficient (Wildman–Crippen LogP) is 4.10. The molecule has 1 N–H and O–H groups in total. The van der Waals surface area contributed by atoms with Crippen LogP contribution in [0.3, 0.4) is 0 Å². The van der Waals surface area contributed by atoms with Gasteiger partial charge in [0.05, 0.1) is 0 Å². The number of hydrogen-bond acceptors (Lipinski definition) is 1. The summed E-state index contributed by atoms with van der Waals surface area (Å²) in [6, 6.07) is 12.6. The maximum atomic E-state index is 3.86. The van der Waals surface area contributed by atoms with Crippen molar-refractivity contribution in [3.63, 3.8) is 0 Å². The van der Waals surface area contributed by atoms with Gasteiger partial charge in [0, 0.05) is 12.1 Å². The van der Waals surface area contributed by atoms with Crippen LogP contribution in [0, 0.1) is 5.41 Å². The van der Waals surface area contributed by atoms with Crippen LogP contribution < -0.4 is 5.32 Å². The molecule has 1 heteroatoms. The second-order valence-corrected chi connectivity index (χ2v) is 6.87. The largest absolute Gasteiger partial charge is 0.311 e. The van der Waals surface area contributed by atoms with Gasteiger partial charge in [0.1, 0.15) is 0 Å². The van der Waals surface area contributed by atoms with Gasteiger partial charge in [0.2, 0.25) is 0 Å². The lowest BCUT2D eigenvalue weighted by Gasteiger charge is -2.30. The highest BCUT2D eigenvalue weighted by molar-refractivity contribution is 5.20. The van der Waals surface area contributed by atoms with Gasteiger partial charge in [-0.3, -0.25) is 0 Å². The number of nitrogens with one attached hydrogen (secondary N) is 1. The Balaban J connectivity index is 1.50. The average molecular weight is 243 g/mol. The number of rotatable bonds is 3. The van der Waals surface area contributed by atoms with Crippen LogP contribution in [-0.4, -0.2) is 12.1 Å². The summed E-state index contributed by atoms with van der Waals surface area (Å²) in [6.07, 6.45) is 6.79. The van der Waals surface area contributed by atoms with Crippen LogP contribution in [-0.2, 0) is 0 Å². The van der Waals surface area contributed by atoms with E-state index in [0.717, 1.165) is 18.0 Å². The van der Waals surface area contributed by atoms with Crippen molar-refractivity contribution in [2.75, 3.05) is 0 Å². The van der Waals surface area contributed by atoms with E-state index < -0.39 is 0 Å². The highest BCUT2D eigenvalue weighted by Crippen LogP contribution is 2.45. The first-order valence-electron chi connectivity index (χ1n) is 7.46. The van der Waals surface area contributed by atoms with Crippen molar-refractivity contribution >= 4 is 0 Å². The van der Waals surface area contributed by atoms with Crippen molar-refractivity contribution in [2.24, 2.45) is 5.41 Å². The summed E-state index contributed by atoms with van der Waals surface area (Å²) in [4.78, 5) is 0. The summed E-state index contributed by atoms with van der Waals surface area (Å²) in [7, 11) is 0. The average Bonchev–Trinajstić information content (AvgIpc) is 2.98. The van der Waals surface area contributed by atoms with Crippen LogP contribution in [0.15, 0.2) is 30.3 Å². The number of hydrogen-bond donors (Lipinski definition) is 1. The predicted molar refractivity (Wildman–Crippen MR) is 76.8 cm³/mol. The Morgan fingerprint density at radius 2 is 1.61 bits per heavy atom. The normalized spacial score (nSPS) is 34.2. The van der Waals surface area contributed by atoms with Gasteiger partial charge in [0.25, 0.3) is 0 Å². The fourth-order valence-corrected chi connectivity index (χ4v) is 3.35. The quantitative estimate of drug-likeness (QED) is 0.842. The minimum atomic E-state index is 0.566. The Bertz CT molecular complexity index is 387. The van der Waals surface area contributed by atoms with E-state index in [9.17, 15) is 0 Å². The maximum Gasteiger partial charge on any atom is 0.0127 e. The van der Waals surface area contributed by atoms with Gasteiger partial charge >= 0.3 is 0 Å². The summed E-state index contributed by atoms with van der Waals surface area (Å²) in [5.74, 6) is 0.802. The summed E-state index contributed by atoms with van der Waals surface area (Å²) in [5.41, 5.74) is 2.11. The summed E-state index contributed by atoms with van der Waals surface area (Å²) in [5, 5.41) is 3.86. The molecule has 3 rings (SSSR count). The Hall–Kier alpha value is -0.820. The first-order valence-corrected chi connectivity index (χ1v) is 7.46. The molecule has 1 aromatic carbocycles. The maximum absolute atomic E-state index is 3.86. The van der Waals surface area contributed by atoms with Crippen LogP contribution in [0.25, 0.3) is 0 Å². The Kier molecular flexibility index (Phi) is 3.19. The minimum absolute atomic E-state index is 0.566. The molecule has 2 fully saturated rings. The molecule has 0 bridgehead atoms. The van der Waals surface area contributed by atoms with Crippen molar-refractivity contribution in [1.29, 1.82) is 0 Å². The molecule has 0 saturated heterocycles. The van der Waals surface area contributed by atoms with Crippen LogP contribution in [0.2, 0.25) is 0 Å². The Labute approximate surface area is 111 Å². The number of benzene rings is 1. The molecule has 2 aliphatic rings. The van der Waals surface area contributed by atoms with E-state index in [2.05, 4.69) is 49.5 Å². The van der Waals surface area contributed by atoms with Gasteiger partial charge in [-0.05, 0) is 49.0 Å². The molecule has 2 aliphatic carbocycles. The molecule has 0 radical (unpaired) electrons. The summed E-state index contributed by atoms with van der Waals surface area (Å²) >= 11 is 0. The topological polar surface area (TPSA) is 12.0 Å². The Morgan fingerprint density at radius 3 is 2.17 bits per heavy atom. The molecule has 0 amide bonds. The summed E-state index contributed by atoms with van der Waals surface area (Å²) in [6.45, 7) is 4.75. The van der Waals surface area contributed by atoms with Crippen LogP contribution in [0.4, 0.5) is 0 Å². The first kappa shape index (κ1) is 12.2. The van der Waals surface area contributed by atoms with E-state index in [-0.39, 0.29) is 0 Å². The van der Waals surface area contributed by atoms with E-state index >= 15 is 0 Å². The zero-order chi connectivity index (χ0) is 12.6. The lowest BCUT2D eigenvalue weighted by molar-refractivity contribution is 0.329. The second-order valence-electron chi connectivity index (χ2n) is 6.87. The third kappa shape index (κ3) is 2.61. The molecule has 98 valence electrons. The molecule has 0 spiro atoms. The molecule has 0 heterocycles. The highest BCUT2D eigenvalue weighted by Gasteiger charge is 2.46. The fraction of sp³-hybridized carbons (Fsp3) is 0.647. The summed E-state index contributed by atoms with van der Waals surface area (Å²) < 4.78 is 0. The smallest absolute Gasteiger partial charge is 0.0127 e. The molecule has 0 aromatic heterocycles. The van der Waals surface area contributed by atoms with Gasteiger partial charge in [0.15, 0.2) is 0 Å². The molecular formula is C17H25N. The molecule has 1 atom stereocenters. The SMILES string of the molecule is CC1(C)CC1NC1CCC(c2ccccc2)CC1. The lowest BCUT2D eigenvalue weighted by atomic mass is 9.81. The van der Waals surface area contributed by atoms with Crippen LogP contribution in [0.1, 0.15) is 57.4 Å². The third-order valence-corrected chi connectivity index (χ3v) is 4.95. The molecule has 18 heavy (non-hydrogen) atoms. The van der Waals surface area contributed by atoms with Crippen molar-refractivity contribution in [3.05, 3.63) is 35.9 Å². The van der Waals surface area contributed by atoms with Crippen LogP contribution >= 0.6 is 0 Å². The van der Waals surface area contributed by atoms with Gasteiger partial charge in [-0.15, -0.1) is 0 Å². The van der Waals surface area contributed by atoms with Crippen molar-refractivity contribution in [2.45, 2.75) is 64.0 Å². The molecule has 0 aliphatic heterocycles. The zero-order valence-corrected chi connectivity index (χ0v) is 11.7. The molecule has 1 unspecified atom stereocenters. The van der Waals surface area contributed by atoms with Gasteiger partial charge < -0.3 is 5.32 Å². The van der Waals surface area contributed by atoms with Crippen molar-refractivity contribution < 1.29 is 0 Å². The molecular weight excluding hydrogens is 218 g/mol. The van der Waals surface area contributed by atoms with Gasteiger partial charge in [-0.25, -0.2) is 0 Å². The van der Waals surface area contributed by atoms with Gasteiger partial charge in [-0.2, -0.15) is 0 Å². The van der Waals surface area contributed by atoms with Crippen molar-refractivity contribution in [3.8, 4) is 0 Å². The lowest BCUT2D eigenvalue weighted by Crippen LogP contribution is -2.35. The van der Waals surface area contributed by atoms with Crippen molar-refractivity contribution in [1.82, 2.24) is 5.32 Å². The van der Waals surface area contributed by atoms with E-state index in [4.69, 9.17) is 0 Å². The van der Waals surface area contributed by atoms with E-state index in [1.807, 2.05) is 0 Å². The first-order chi connectivity index (χ1) is 8.65. The standard InChI is InChI=1S/C17H25N/c1-17(2)12-16(17)18-15-10-8-14(9-11-15)13-6-4-3-5-7-13/h3-7,14-16,18H,8-12H2,1-2H3. The third-order valence-electron chi connectivity index (χ3n) is 4.95. The van der Waals surface area contributed by atoms with E-state index in [1.54, 1.807) is 5.56 Å². The van der Waals surface area contributed by atoms with E-state index in [0.29, 0.717) is 5.41 Å². The molecule has 2 saturated carbocycles. The zero-order valence-electron chi connectivity index (χ0n) is 11.7. The highest BCUT2D eigenvalue weighted by atomic mass is 15.0. The second kappa shape index (κ2) is 4.70. The minimum Gasteiger partial charge on any atom is -0.311 e. The Morgan fingerprint density at radius 1 is 1.00 bits per heavy atom. The molecule has 1 nitrogen and oxygen atoms in total. The monoisotopic (exact) mass is 243 g/mol. The molecule has 1 aromatic rings. The fourth-order valence-electron chi connectivity index (χ4n) is 3.35. The van der Waals surface area contributed by atoms with E-state index in [1.165, 1.54) is 32.1 Å². The van der Waals surface area contributed by atoms with Gasteiger partial charge in [-0.1, -0.05) is 44.2 Å².